The Morgan fingerprint density at radius 1 is 1.21 bits per heavy atom. The van der Waals surface area contributed by atoms with Crippen LogP contribution in [0.5, 0.6) is 0 Å². The number of hydrogen-bond donors (Lipinski definition) is 1. The number of nitrogens with zero attached hydrogens (tertiary/aromatic N) is 1. The van der Waals surface area contributed by atoms with Crippen molar-refractivity contribution in [2.45, 2.75) is 31.7 Å². The van der Waals surface area contributed by atoms with Gasteiger partial charge in [-0.1, -0.05) is 42.5 Å². The first-order valence-corrected chi connectivity index (χ1v) is 8.88. The summed E-state index contributed by atoms with van der Waals surface area (Å²) in [4.78, 5) is 34.7. The van der Waals surface area contributed by atoms with Crippen LogP contribution in [-0.4, -0.2) is 27.6 Å². The lowest BCUT2D eigenvalue weighted by atomic mass is 9.88. The van der Waals surface area contributed by atoms with Crippen molar-refractivity contribution < 1.29 is 29.1 Å². The fourth-order valence-corrected chi connectivity index (χ4v) is 3.00. The van der Waals surface area contributed by atoms with E-state index in [9.17, 15) is 24.8 Å². The third kappa shape index (κ3) is 4.67. The van der Waals surface area contributed by atoms with Crippen molar-refractivity contribution in [1.82, 2.24) is 0 Å². The number of ether oxygens (including phenoxy) is 2. The van der Waals surface area contributed by atoms with Gasteiger partial charge in [0.25, 0.3) is 5.69 Å². The number of hydrogen-bond acceptors (Lipinski definition) is 7. The summed E-state index contributed by atoms with van der Waals surface area (Å²) in [6.07, 6.45) is 1.29. The van der Waals surface area contributed by atoms with E-state index in [0.717, 1.165) is 5.56 Å². The second-order valence-corrected chi connectivity index (χ2v) is 6.69. The van der Waals surface area contributed by atoms with Crippen LogP contribution < -0.4 is 0 Å². The third-order valence-electron chi connectivity index (χ3n) is 4.54. The summed E-state index contributed by atoms with van der Waals surface area (Å²) in [5.41, 5.74) is 1.23. The number of non-ortho nitro benzene ring substituents is 1. The Balaban J connectivity index is 1.82. The molecule has 0 aliphatic carbocycles. The number of allylic oxidation sites excluding steroid dienone is 2. The van der Waals surface area contributed by atoms with Gasteiger partial charge in [0.05, 0.1) is 4.92 Å². The number of nitro benzene ring substituents is 1. The number of carbonyl (C=O) groups excluding carboxylic acids is 2. The molecular weight excluding hydrogens is 378 g/mol. The molecule has 0 fully saturated rings. The zero-order valence-electron chi connectivity index (χ0n) is 15.6. The van der Waals surface area contributed by atoms with Crippen LogP contribution in [0.4, 0.5) is 5.69 Å². The molecule has 150 valence electrons. The molecule has 2 unspecified atom stereocenters. The first-order chi connectivity index (χ1) is 13.8. The van der Waals surface area contributed by atoms with Gasteiger partial charge in [-0.3, -0.25) is 14.9 Å². The van der Waals surface area contributed by atoms with Gasteiger partial charge in [0, 0.05) is 31.4 Å². The van der Waals surface area contributed by atoms with E-state index in [1.165, 1.54) is 37.3 Å². The molecule has 1 heterocycles. The highest BCUT2D eigenvalue weighted by molar-refractivity contribution is 5.92. The highest BCUT2D eigenvalue weighted by atomic mass is 16.7. The molecular formula is C21H19NO7. The van der Waals surface area contributed by atoms with Gasteiger partial charge in [-0.05, 0) is 17.2 Å². The summed E-state index contributed by atoms with van der Waals surface area (Å²) in [7, 11) is 0. The molecule has 0 saturated carbocycles. The molecule has 2 aromatic carbocycles. The number of Topliss-reactive ketones (excluding diaryl/α,β-unsaturated/α-hetero) is 1. The van der Waals surface area contributed by atoms with Crippen molar-refractivity contribution in [2.75, 3.05) is 0 Å². The summed E-state index contributed by atoms with van der Waals surface area (Å²) < 4.78 is 10.5. The van der Waals surface area contributed by atoms with Gasteiger partial charge in [-0.2, -0.15) is 0 Å². The fourth-order valence-electron chi connectivity index (χ4n) is 3.00. The van der Waals surface area contributed by atoms with E-state index < -0.39 is 28.4 Å². The van der Waals surface area contributed by atoms with Crippen molar-refractivity contribution in [1.29, 1.82) is 0 Å². The molecule has 1 aliphatic rings. The maximum Gasteiger partial charge on any atom is 0.379 e. The smallest absolute Gasteiger partial charge is 0.379 e. The summed E-state index contributed by atoms with van der Waals surface area (Å²) in [5, 5.41) is 21.7. The number of benzene rings is 2. The fraction of sp³-hybridized carbons (Fsp3) is 0.238. The van der Waals surface area contributed by atoms with Gasteiger partial charge in [0.1, 0.15) is 6.61 Å². The zero-order chi connectivity index (χ0) is 21.0. The Labute approximate surface area is 166 Å². The molecule has 0 saturated heterocycles. The summed E-state index contributed by atoms with van der Waals surface area (Å²) in [6.45, 7) is 1.19. The van der Waals surface area contributed by atoms with Crippen LogP contribution >= 0.6 is 0 Å². The highest BCUT2D eigenvalue weighted by Gasteiger charge is 2.46. The van der Waals surface area contributed by atoms with Crippen LogP contribution in [0.1, 0.15) is 30.4 Å². The summed E-state index contributed by atoms with van der Waals surface area (Å²) in [6, 6.07) is 14.6. The van der Waals surface area contributed by atoms with Crippen molar-refractivity contribution in [2.24, 2.45) is 0 Å². The van der Waals surface area contributed by atoms with Crippen molar-refractivity contribution in [3.05, 3.63) is 87.7 Å². The molecule has 2 atom stereocenters. The Bertz CT molecular complexity index is 953. The summed E-state index contributed by atoms with van der Waals surface area (Å²) in [5.74, 6) is -4.57. The van der Waals surface area contributed by atoms with E-state index >= 15 is 0 Å². The van der Waals surface area contributed by atoms with E-state index in [2.05, 4.69) is 0 Å². The number of ketones is 1. The zero-order valence-corrected chi connectivity index (χ0v) is 15.6. The molecule has 29 heavy (non-hydrogen) atoms. The highest BCUT2D eigenvalue weighted by Crippen LogP contribution is 2.37. The molecule has 8 heteroatoms. The van der Waals surface area contributed by atoms with Gasteiger partial charge in [-0.15, -0.1) is 0 Å². The largest absolute Gasteiger partial charge is 0.456 e. The molecule has 0 bridgehead atoms. The molecule has 0 amide bonds. The first-order valence-electron chi connectivity index (χ1n) is 8.88. The van der Waals surface area contributed by atoms with Gasteiger partial charge in [-0.25, -0.2) is 4.79 Å². The Morgan fingerprint density at radius 3 is 2.45 bits per heavy atom. The molecule has 0 spiro atoms. The van der Waals surface area contributed by atoms with Crippen LogP contribution in [-0.2, 0) is 25.7 Å². The third-order valence-corrected chi connectivity index (χ3v) is 4.54. The van der Waals surface area contributed by atoms with Crippen molar-refractivity contribution in [3.8, 4) is 0 Å². The van der Waals surface area contributed by atoms with E-state index in [4.69, 9.17) is 9.47 Å². The normalized spacial score (nSPS) is 20.9. The maximum atomic E-state index is 12.6. The minimum Gasteiger partial charge on any atom is -0.456 e. The molecule has 0 aromatic heterocycles. The predicted octanol–water partition coefficient (Wildman–Crippen LogP) is 3.00. The predicted molar refractivity (Wildman–Crippen MR) is 101 cm³/mol. The van der Waals surface area contributed by atoms with Crippen molar-refractivity contribution >= 4 is 17.4 Å². The Kier molecular flexibility index (Phi) is 5.74. The number of esters is 1. The lowest BCUT2D eigenvalue weighted by Crippen LogP contribution is -2.46. The number of nitro groups is 1. The van der Waals surface area contributed by atoms with Crippen LogP contribution in [0.3, 0.4) is 0 Å². The van der Waals surface area contributed by atoms with Crippen LogP contribution in [0.15, 0.2) is 66.4 Å². The lowest BCUT2D eigenvalue weighted by molar-refractivity contribution is -0.384. The van der Waals surface area contributed by atoms with E-state index in [1.54, 1.807) is 24.3 Å². The van der Waals surface area contributed by atoms with E-state index in [-0.39, 0.29) is 24.5 Å². The van der Waals surface area contributed by atoms with Gasteiger partial charge in [0.2, 0.25) is 0 Å². The van der Waals surface area contributed by atoms with Gasteiger partial charge >= 0.3 is 11.8 Å². The van der Waals surface area contributed by atoms with Gasteiger partial charge < -0.3 is 14.6 Å². The van der Waals surface area contributed by atoms with E-state index in [1.807, 2.05) is 6.07 Å². The summed E-state index contributed by atoms with van der Waals surface area (Å²) >= 11 is 0. The van der Waals surface area contributed by atoms with E-state index in [0.29, 0.717) is 5.56 Å². The van der Waals surface area contributed by atoms with Crippen molar-refractivity contribution in [3.63, 3.8) is 0 Å². The molecule has 1 N–H and O–H groups in total. The molecule has 8 nitrogen and oxygen atoms in total. The Morgan fingerprint density at radius 2 is 1.86 bits per heavy atom. The quantitative estimate of drug-likeness (QED) is 0.452. The lowest BCUT2D eigenvalue weighted by Gasteiger charge is -2.34. The van der Waals surface area contributed by atoms with Gasteiger partial charge in [0.15, 0.2) is 11.5 Å². The van der Waals surface area contributed by atoms with Crippen LogP contribution in [0, 0.1) is 10.1 Å². The molecule has 3 rings (SSSR count). The number of rotatable bonds is 6. The SMILES string of the molecule is CC(=O)C1=CC(c2ccc([N+](=O)[O-])cc2)CC(O)(C(=O)OCc2ccccc2)O1. The van der Waals surface area contributed by atoms with Crippen LogP contribution in [0.25, 0.3) is 0 Å². The molecule has 1 aliphatic heterocycles. The molecule has 0 radical (unpaired) electrons. The second kappa shape index (κ2) is 8.24. The maximum absolute atomic E-state index is 12.6. The topological polar surface area (TPSA) is 116 Å². The first kappa shape index (κ1) is 20.2. The minimum atomic E-state index is -2.35. The number of carbonyl (C=O) groups is 2. The monoisotopic (exact) mass is 397 g/mol. The van der Waals surface area contributed by atoms with Crippen LogP contribution in [0.2, 0.25) is 0 Å². The Hall–Kier alpha value is -3.52. The standard InChI is InChI=1S/C21H19NO7/c1-14(23)19-11-17(16-7-9-18(10-8-16)22(26)27)12-21(25,29-19)20(24)28-13-15-5-3-2-4-6-15/h2-11,17,25H,12-13H2,1H3. The average Bonchev–Trinajstić information content (AvgIpc) is 2.72. The average molecular weight is 397 g/mol. The molecule has 2 aromatic rings. The minimum absolute atomic E-state index is 0.0628. The second-order valence-electron chi connectivity index (χ2n) is 6.69. The number of aliphatic hydroxyl groups is 1.